The molecule has 2 aromatic carbocycles. The second kappa shape index (κ2) is 5.63. The van der Waals surface area contributed by atoms with E-state index >= 15 is 0 Å². The van der Waals surface area contributed by atoms with Crippen molar-refractivity contribution < 1.29 is 4.39 Å². The van der Waals surface area contributed by atoms with Gasteiger partial charge >= 0.3 is 0 Å². The maximum absolute atomic E-state index is 13.9. The van der Waals surface area contributed by atoms with Crippen molar-refractivity contribution in [2.45, 2.75) is 0 Å². The van der Waals surface area contributed by atoms with Crippen molar-refractivity contribution in [2.24, 2.45) is 0 Å². The second-order valence-corrected chi connectivity index (χ2v) is 6.06. The molecule has 0 atom stereocenters. The number of nitrogens with two attached hydrogens (primary N) is 1. The Bertz CT molecular complexity index is 607. The molecule has 0 spiro atoms. The maximum Gasteiger partial charge on any atom is 0.167 e. The lowest BCUT2D eigenvalue weighted by Crippen LogP contribution is -2.01. The van der Waals surface area contributed by atoms with Gasteiger partial charge in [-0.15, -0.1) is 0 Å². The molecular weight excluding hydrogens is 433 g/mol. The Morgan fingerprint density at radius 3 is 2.72 bits per heavy atom. The van der Waals surface area contributed by atoms with Gasteiger partial charge in [-0.1, -0.05) is 27.5 Å². The zero-order valence-corrected chi connectivity index (χ0v) is 13.5. The molecule has 6 heteroatoms. The largest absolute Gasteiger partial charge is 0.397 e. The van der Waals surface area contributed by atoms with Crippen LogP contribution in [-0.4, -0.2) is 0 Å². The minimum Gasteiger partial charge on any atom is -0.397 e. The Morgan fingerprint density at radius 2 is 2.00 bits per heavy atom. The van der Waals surface area contributed by atoms with Crippen molar-refractivity contribution in [1.29, 1.82) is 0 Å². The van der Waals surface area contributed by atoms with Gasteiger partial charge in [-0.3, -0.25) is 0 Å². The molecule has 0 saturated carbocycles. The average Bonchev–Trinajstić information content (AvgIpc) is 2.34. The van der Waals surface area contributed by atoms with Crippen molar-refractivity contribution >= 4 is 67.2 Å². The molecule has 0 amide bonds. The molecule has 0 aromatic heterocycles. The highest BCUT2D eigenvalue weighted by atomic mass is 127. The predicted molar refractivity (Wildman–Crippen MR) is 86.0 cm³/mol. The molecule has 0 aliphatic heterocycles. The Labute approximate surface area is 131 Å². The van der Waals surface area contributed by atoms with Crippen LogP contribution in [-0.2, 0) is 0 Å². The van der Waals surface area contributed by atoms with Crippen molar-refractivity contribution in [3.63, 3.8) is 0 Å². The number of hydrogen-bond acceptors (Lipinski definition) is 2. The fourth-order valence-electron chi connectivity index (χ4n) is 1.42. The molecule has 2 rings (SSSR count). The van der Waals surface area contributed by atoms with E-state index in [9.17, 15) is 4.39 Å². The summed E-state index contributed by atoms with van der Waals surface area (Å²) in [6.07, 6.45) is 0. The van der Waals surface area contributed by atoms with Gasteiger partial charge in [-0.05, 0) is 52.9 Å². The van der Waals surface area contributed by atoms with Crippen LogP contribution < -0.4 is 11.1 Å². The summed E-state index contributed by atoms with van der Waals surface area (Å²) in [4.78, 5) is 0. The number of rotatable bonds is 2. The molecule has 0 fully saturated rings. The van der Waals surface area contributed by atoms with E-state index < -0.39 is 5.82 Å². The first-order chi connectivity index (χ1) is 8.49. The van der Waals surface area contributed by atoms with Gasteiger partial charge in [0.15, 0.2) is 5.82 Å². The summed E-state index contributed by atoms with van der Waals surface area (Å²) in [5, 5.41) is 3.01. The van der Waals surface area contributed by atoms with Gasteiger partial charge < -0.3 is 11.1 Å². The molecular formula is C12H8BrClFIN2. The maximum atomic E-state index is 13.9. The van der Waals surface area contributed by atoms with Crippen LogP contribution in [0.4, 0.5) is 21.5 Å². The number of anilines is 3. The first-order valence-corrected chi connectivity index (χ1v) is 7.19. The lowest BCUT2D eigenvalue weighted by Gasteiger charge is -2.13. The molecule has 2 aromatic rings. The van der Waals surface area contributed by atoms with Crippen LogP contribution in [0, 0.1) is 9.39 Å². The van der Waals surface area contributed by atoms with Gasteiger partial charge in [-0.2, -0.15) is 0 Å². The zero-order chi connectivity index (χ0) is 13.3. The highest BCUT2D eigenvalue weighted by molar-refractivity contribution is 14.1. The lowest BCUT2D eigenvalue weighted by atomic mass is 10.2. The van der Waals surface area contributed by atoms with Crippen molar-refractivity contribution in [3.8, 4) is 0 Å². The van der Waals surface area contributed by atoms with Crippen LogP contribution in [0.2, 0.25) is 5.02 Å². The topological polar surface area (TPSA) is 38.0 Å². The predicted octanol–water partition coefficient (Wildman–Crippen LogP) is 5.17. The number of benzene rings is 2. The summed E-state index contributed by atoms with van der Waals surface area (Å²) in [6.45, 7) is 0. The molecule has 0 saturated heterocycles. The number of hydrogen-bond donors (Lipinski definition) is 2. The van der Waals surface area contributed by atoms with E-state index in [4.69, 9.17) is 17.3 Å². The van der Waals surface area contributed by atoms with Gasteiger partial charge in [0.05, 0.1) is 22.1 Å². The first kappa shape index (κ1) is 13.9. The first-order valence-electron chi connectivity index (χ1n) is 4.94. The fourth-order valence-corrected chi connectivity index (χ4v) is 2.41. The Balaban J connectivity index is 2.46. The van der Waals surface area contributed by atoms with Crippen LogP contribution in [0.3, 0.4) is 0 Å². The molecule has 0 bridgehead atoms. The molecule has 18 heavy (non-hydrogen) atoms. The van der Waals surface area contributed by atoms with E-state index in [1.54, 1.807) is 6.07 Å². The smallest absolute Gasteiger partial charge is 0.167 e. The van der Waals surface area contributed by atoms with Crippen LogP contribution in [0.25, 0.3) is 0 Å². The van der Waals surface area contributed by atoms with E-state index in [1.807, 2.05) is 18.2 Å². The molecule has 94 valence electrons. The number of nitrogen functional groups attached to an aromatic ring is 1. The highest BCUT2D eigenvalue weighted by Gasteiger charge is 2.12. The molecule has 0 aliphatic rings. The van der Waals surface area contributed by atoms with Crippen LogP contribution in [0.5, 0.6) is 0 Å². The number of halogens is 4. The highest BCUT2D eigenvalue weighted by Crippen LogP contribution is 2.33. The Morgan fingerprint density at radius 1 is 1.28 bits per heavy atom. The summed E-state index contributed by atoms with van der Waals surface area (Å²) < 4.78 is 15.7. The summed E-state index contributed by atoms with van der Waals surface area (Å²) >= 11 is 11.3. The van der Waals surface area contributed by atoms with Gasteiger partial charge in [0.25, 0.3) is 0 Å². The molecule has 0 heterocycles. The van der Waals surface area contributed by atoms with Gasteiger partial charge in [-0.25, -0.2) is 4.39 Å². The standard InChI is InChI=1S/C12H8BrClFIN2/c13-6-1-3-8(16)10(5-6)18-12-9(17)4-2-7(14)11(12)15/h1-5,18H,17H2. The zero-order valence-electron chi connectivity index (χ0n) is 8.98. The minimum atomic E-state index is -0.549. The third-order valence-electron chi connectivity index (χ3n) is 2.32. The van der Waals surface area contributed by atoms with Crippen LogP contribution in [0.15, 0.2) is 34.8 Å². The summed E-state index contributed by atoms with van der Waals surface area (Å²) in [6, 6.07) is 8.67. The van der Waals surface area contributed by atoms with Crippen molar-refractivity contribution in [2.75, 3.05) is 11.1 Å². The average molecular weight is 441 g/mol. The molecule has 3 N–H and O–H groups in total. The second-order valence-electron chi connectivity index (χ2n) is 3.57. The van der Waals surface area contributed by atoms with E-state index in [1.165, 1.54) is 6.07 Å². The van der Waals surface area contributed by atoms with Crippen LogP contribution in [0.1, 0.15) is 0 Å². The SMILES string of the molecule is Nc1ccc(Cl)c(F)c1Nc1cc(Br)ccc1I. The van der Waals surface area contributed by atoms with E-state index in [-0.39, 0.29) is 10.7 Å². The van der Waals surface area contributed by atoms with E-state index in [0.717, 1.165) is 13.7 Å². The molecule has 0 aliphatic carbocycles. The van der Waals surface area contributed by atoms with Crippen molar-refractivity contribution in [3.05, 3.63) is 49.2 Å². The molecule has 0 unspecified atom stereocenters. The summed E-state index contributed by atoms with van der Waals surface area (Å²) in [7, 11) is 0. The minimum absolute atomic E-state index is 0.0386. The van der Waals surface area contributed by atoms with Gasteiger partial charge in [0.1, 0.15) is 0 Å². The Hall–Kier alpha value is -0.530. The lowest BCUT2D eigenvalue weighted by molar-refractivity contribution is 0.633. The summed E-state index contributed by atoms with van der Waals surface area (Å²) in [5.41, 5.74) is 7.02. The third-order valence-corrected chi connectivity index (χ3v) is 4.04. The number of nitrogens with one attached hydrogen (secondary N) is 1. The van der Waals surface area contributed by atoms with Gasteiger partial charge in [0.2, 0.25) is 0 Å². The van der Waals surface area contributed by atoms with Crippen molar-refractivity contribution in [1.82, 2.24) is 0 Å². The quantitative estimate of drug-likeness (QED) is 0.498. The van der Waals surface area contributed by atoms with E-state index in [0.29, 0.717) is 5.69 Å². The third kappa shape index (κ3) is 2.89. The summed E-state index contributed by atoms with van der Waals surface area (Å²) in [5.74, 6) is -0.549. The van der Waals surface area contributed by atoms with Crippen LogP contribution >= 0.6 is 50.1 Å². The van der Waals surface area contributed by atoms with E-state index in [2.05, 4.69) is 43.8 Å². The Kier molecular flexibility index (Phi) is 4.34. The normalized spacial score (nSPS) is 10.4. The molecule has 0 radical (unpaired) electrons. The fraction of sp³-hybridized carbons (Fsp3) is 0. The monoisotopic (exact) mass is 440 g/mol. The van der Waals surface area contributed by atoms with Gasteiger partial charge in [0, 0.05) is 8.04 Å². The molecule has 2 nitrogen and oxygen atoms in total.